The van der Waals surface area contributed by atoms with Crippen LogP contribution in [0.2, 0.25) is 0 Å². The van der Waals surface area contributed by atoms with E-state index in [-0.39, 0.29) is 11.7 Å². The molecule has 0 spiro atoms. The van der Waals surface area contributed by atoms with Crippen LogP contribution >= 0.6 is 11.8 Å². The average Bonchev–Trinajstić information content (AvgIpc) is 3.19. The van der Waals surface area contributed by atoms with Gasteiger partial charge in [0.2, 0.25) is 5.82 Å². The number of halogens is 3. The fourth-order valence-corrected chi connectivity index (χ4v) is 3.07. The molecule has 0 saturated heterocycles. The lowest BCUT2D eigenvalue weighted by Gasteiger charge is -2.13. The molecular formula is C14H15F3N6OS. The monoisotopic (exact) mass is 372 g/mol. The minimum Gasteiger partial charge on any atom is -0.387 e. The van der Waals surface area contributed by atoms with Gasteiger partial charge in [-0.2, -0.15) is 13.2 Å². The minimum atomic E-state index is -4.52. The van der Waals surface area contributed by atoms with Crippen molar-refractivity contribution in [1.29, 1.82) is 0 Å². The summed E-state index contributed by atoms with van der Waals surface area (Å²) in [5.74, 6) is -0.102. The first-order chi connectivity index (χ1) is 11.9. The first-order valence-corrected chi connectivity index (χ1v) is 8.34. The normalized spacial score (nSPS) is 14.6. The maximum Gasteiger partial charge on any atom is 0.451 e. The van der Waals surface area contributed by atoms with Crippen molar-refractivity contribution < 1.29 is 18.0 Å². The Bertz CT molecular complexity index is 791. The third-order valence-electron chi connectivity index (χ3n) is 3.35. The fourth-order valence-electron chi connectivity index (χ4n) is 2.22. The average molecular weight is 372 g/mol. The summed E-state index contributed by atoms with van der Waals surface area (Å²) < 4.78 is 39.7. The van der Waals surface area contributed by atoms with Crippen molar-refractivity contribution in [2.24, 2.45) is 0 Å². The van der Waals surface area contributed by atoms with Crippen LogP contribution in [0.25, 0.3) is 5.76 Å². The molecule has 0 radical (unpaired) electrons. The highest BCUT2D eigenvalue weighted by atomic mass is 32.2. The van der Waals surface area contributed by atoms with Crippen molar-refractivity contribution in [1.82, 2.24) is 30.3 Å². The highest BCUT2D eigenvalue weighted by molar-refractivity contribution is 7.99. The van der Waals surface area contributed by atoms with Crippen molar-refractivity contribution in [2.45, 2.75) is 31.7 Å². The molecule has 11 heteroatoms. The number of aryl methyl sites for hydroxylation is 1. The molecule has 0 bridgehead atoms. The van der Waals surface area contributed by atoms with E-state index in [0.29, 0.717) is 11.6 Å². The van der Waals surface area contributed by atoms with Crippen LogP contribution in [0.4, 0.5) is 13.2 Å². The summed E-state index contributed by atoms with van der Waals surface area (Å²) in [5.41, 5.74) is 4.39. The van der Waals surface area contributed by atoms with Crippen molar-refractivity contribution in [3.05, 3.63) is 41.6 Å². The number of nitrogens with zero attached hydrogens (tertiary/aromatic N) is 5. The Kier molecular flexibility index (Phi) is 4.86. The fraction of sp³-hybridized carbons (Fsp3) is 0.357. The number of aromatic nitrogens is 4. The molecular weight excluding hydrogens is 357 g/mol. The van der Waals surface area contributed by atoms with Gasteiger partial charge in [-0.15, -0.1) is 10.2 Å². The Morgan fingerprint density at radius 1 is 1.32 bits per heavy atom. The zero-order chi connectivity index (χ0) is 18.0. The Morgan fingerprint density at radius 2 is 2.12 bits per heavy atom. The maximum absolute atomic E-state index is 12.9. The highest BCUT2D eigenvalue weighted by Gasteiger charge is 2.38. The number of hydrogen-bond acceptors (Lipinski definition) is 7. The van der Waals surface area contributed by atoms with Crippen LogP contribution in [0.3, 0.4) is 0 Å². The molecule has 25 heavy (non-hydrogen) atoms. The summed E-state index contributed by atoms with van der Waals surface area (Å²) in [4.78, 5) is 9.50. The SMILES string of the molecule is CCn1c(SCN2C=C(c3ccnc(C)c3)ON2)nnc1C(F)(F)F. The molecule has 3 rings (SSSR count). The zero-order valence-corrected chi connectivity index (χ0v) is 14.2. The Balaban J connectivity index is 1.68. The second kappa shape index (κ2) is 6.92. The number of thioether (sulfide) groups is 1. The molecule has 1 aliphatic heterocycles. The Hall–Kier alpha value is -2.27. The van der Waals surface area contributed by atoms with Gasteiger partial charge in [0.05, 0.1) is 12.1 Å². The van der Waals surface area contributed by atoms with E-state index in [1.165, 1.54) is 0 Å². The van der Waals surface area contributed by atoms with Gasteiger partial charge in [0.1, 0.15) is 0 Å². The molecule has 0 aromatic carbocycles. The Morgan fingerprint density at radius 3 is 2.80 bits per heavy atom. The van der Waals surface area contributed by atoms with Crippen LogP contribution in [0.15, 0.2) is 29.7 Å². The summed E-state index contributed by atoms with van der Waals surface area (Å²) in [6.07, 6.45) is -1.13. The summed E-state index contributed by atoms with van der Waals surface area (Å²) in [6.45, 7) is 3.62. The van der Waals surface area contributed by atoms with Crippen LogP contribution in [0.1, 0.15) is 24.0 Å². The van der Waals surface area contributed by atoms with Crippen molar-refractivity contribution in [2.75, 3.05) is 5.88 Å². The molecule has 1 N–H and O–H groups in total. The standard InChI is InChI=1S/C14H15F3N6OS/c1-3-23-12(14(15,16)17)19-20-13(23)25-8-22-7-11(24-21-22)10-4-5-18-9(2)6-10/h4-7,21H,3,8H2,1-2H3. The lowest BCUT2D eigenvalue weighted by Crippen LogP contribution is -2.27. The smallest absolute Gasteiger partial charge is 0.387 e. The van der Waals surface area contributed by atoms with Crippen LogP contribution < -0.4 is 5.59 Å². The molecule has 0 saturated carbocycles. The molecule has 134 valence electrons. The molecule has 2 aromatic heterocycles. The number of rotatable bonds is 5. The quantitative estimate of drug-likeness (QED) is 0.810. The predicted octanol–water partition coefficient (Wildman–Crippen LogP) is 2.82. The first kappa shape index (κ1) is 17.5. The minimum absolute atomic E-state index is 0.130. The van der Waals surface area contributed by atoms with E-state index in [9.17, 15) is 13.2 Å². The molecule has 0 fully saturated rings. The van der Waals surface area contributed by atoms with Gasteiger partial charge >= 0.3 is 6.18 Å². The van der Waals surface area contributed by atoms with E-state index in [1.54, 1.807) is 30.4 Å². The topological polar surface area (TPSA) is 68.1 Å². The molecule has 7 nitrogen and oxygen atoms in total. The predicted molar refractivity (Wildman–Crippen MR) is 84.4 cm³/mol. The van der Waals surface area contributed by atoms with E-state index in [2.05, 4.69) is 20.8 Å². The summed E-state index contributed by atoms with van der Waals surface area (Å²) >= 11 is 1.12. The third kappa shape index (κ3) is 3.87. The molecule has 0 aliphatic carbocycles. The van der Waals surface area contributed by atoms with Crippen molar-refractivity contribution in [3.8, 4) is 0 Å². The van der Waals surface area contributed by atoms with Gasteiger partial charge in [-0.3, -0.25) is 14.6 Å². The molecule has 0 atom stereocenters. The molecule has 1 aliphatic rings. The Labute approximate surface area is 145 Å². The van der Waals surface area contributed by atoms with Gasteiger partial charge in [-0.1, -0.05) is 17.4 Å². The van der Waals surface area contributed by atoms with Crippen LogP contribution in [0.5, 0.6) is 0 Å². The lowest BCUT2D eigenvalue weighted by molar-refractivity contribution is -0.147. The van der Waals surface area contributed by atoms with Crippen LogP contribution in [0, 0.1) is 6.92 Å². The van der Waals surface area contributed by atoms with E-state index >= 15 is 0 Å². The maximum atomic E-state index is 12.9. The van der Waals surface area contributed by atoms with E-state index < -0.39 is 12.0 Å². The first-order valence-electron chi connectivity index (χ1n) is 7.35. The number of nitrogens with one attached hydrogen (secondary N) is 1. The van der Waals surface area contributed by atoms with E-state index in [0.717, 1.165) is 27.6 Å². The lowest BCUT2D eigenvalue weighted by atomic mass is 10.2. The second-order valence-electron chi connectivity index (χ2n) is 5.16. The molecule has 3 heterocycles. The van der Waals surface area contributed by atoms with Gasteiger partial charge in [0.15, 0.2) is 10.9 Å². The van der Waals surface area contributed by atoms with Gasteiger partial charge in [0.25, 0.3) is 0 Å². The van der Waals surface area contributed by atoms with E-state index in [4.69, 9.17) is 4.84 Å². The van der Waals surface area contributed by atoms with Gasteiger partial charge in [0, 0.05) is 24.0 Å². The van der Waals surface area contributed by atoms with Crippen molar-refractivity contribution in [3.63, 3.8) is 0 Å². The highest BCUT2D eigenvalue weighted by Crippen LogP contribution is 2.31. The third-order valence-corrected chi connectivity index (χ3v) is 4.31. The van der Waals surface area contributed by atoms with Crippen molar-refractivity contribution >= 4 is 17.5 Å². The van der Waals surface area contributed by atoms with Crippen LogP contribution in [-0.4, -0.2) is 30.6 Å². The molecule has 0 unspecified atom stereocenters. The molecule has 2 aromatic rings. The van der Waals surface area contributed by atoms with Gasteiger partial charge in [-0.05, 0) is 26.0 Å². The second-order valence-corrected chi connectivity index (χ2v) is 6.08. The molecule has 0 amide bonds. The number of hydrogen-bond donors (Lipinski definition) is 1. The summed E-state index contributed by atoms with van der Waals surface area (Å²) in [7, 11) is 0. The largest absolute Gasteiger partial charge is 0.451 e. The van der Waals surface area contributed by atoms with Gasteiger partial charge in [-0.25, -0.2) is 0 Å². The number of pyridine rings is 1. The summed E-state index contributed by atoms with van der Waals surface area (Å²) in [6, 6.07) is 3.67. The number of hydrazine groups is 1. The van der Waals surface area contributed by atoms with Gasteiger partial charge < -0.3 is 4.84 Å². The zero-order valence-electron chi connectivity index (χ0n) is 13.4. The summed E-state index contributed by atoms with van der Waals surface area (Å²) in [5, 5.41) is 8.69. The number of alkyl halides is 3. The van der Waals surface area contributed by atoms with E-state index in [1.807, 2.05) is 13.0 Å². The van der Waals surface area contributed by atoms with Crippen LogP contribution in [-0.2, 0) is 17.6 Å².